The molecule has 6 N–H and O–H groups in total. The van der Waals surface area contributed by atoms with Crippen LogP contribution in [0, 0.1) is 0 Å². The maximum atomic E-state index is 12.2. The first-order chi connectivity index (χ1) is 13.8. The average Bonchev–Trinajstić information content (AvgIpc) is 2.73. The fraction of sp³-hybridized carbons (Fsp3) is 0.318. The first-order valence-corrected chi connectivity index (χ1v) is 9.38. The molecule has 0 aliphatic rings. The van der Waals surface area contributed by atoms with Crippen molar-refractivity contribution in [2.75, 3.05) is 6.54 Å². The molecule has 0 spiro atoms. The second-order valence-corrected chi connectivity index (χ2v) is 6.61. The summed E-state index contributed by atoms with van der Waals surface area (Å²) in [5.41, 5.74) is 12.2. The van der Waals surface area contributed by atoms with Gasteiger partial charge in [0.25, 0.3) is 0 Å². The van der Waals surface area contributed by atoms with Gasteiger partial charge in [-0.1, -0.05) is 55.0 Å². The van der Waals surface area contributed by atoms with Crippen molar-refractivity contribution in [1.29, 1.82) is 0 Å². The summed E-state index contributed by atoms with van der Waals surface area (Å²) < 4.78 is 0. The lowest BCUT2D eigenvalue weighted by molar-refractivity contribution is -0.139. The number of carbonyl (C=O) groups excluding carboxylic acids is 1. The molecule has 0 bridgehead atoms. The molecule has 7 heteroatoms. The van der Waals surface area contributed by atoms with E-state index in [2.05, 4.69) is 0 Å². The highest BCUT2D eigenvalue weighted by Crippen LogP contribution is 2.18. The standard InChI is InChI=1S/C16H14O3.C6H14N2O2/c1-11(16(18)19)13-8-5-9-14(10-13)15(17)12-6-3-2-4-7-12;7-4-2-1-3-5(8)6(9)10/h2-11H,1H3,(H,18,19);5H,1-4,7-8H2,(H,9,10). The molecule has 0 aliphatic carbocycles. The molecule has 0 saturated heterocycles. The second kappa shape index (κ2) is 12.4. The van der Waals surface area contributed by atoms with Gasteiger partial charge < -0.3 is 21.7 Å². The Bertz CT molecular complexity index is 808. The highest BCUT2D eigenvalue weighted by atomic mass is 16.4. The van der Waals surface area contributed by atoms with Crippen molar-refractivity contribution in [3.8, 4) is 0 Å². The Hall–Kier alpha value is -3.03. The summed E-state index contributed by atoms with van der Waals surface area (Å²) in [7, 11) is 0. The zero-order valence-corrected chi connectivity index (χ0v) is 16.5. The zero-order chi connectivity index (χ0) is 21.8. The number of nitrogens with two attached hydrogens (primary N) is 2. The highest BCUT2D eigenvalue weighted by Gasteiger charge is 2.16. The Morgan fingerprint density at radius 2 is 1.52 bits per heavy atom. The van der Waals surface area contributed by atoms with Crippen LogP contribution in [0.1, 0.15) is 53.6 Å². The van der Waals surface area contributed by atoms with E-state index < -0.39 is 23.9 Å². The van der Waals surface area contributed by atoms with Crippen LogP contribution in [0.3, 0.4) is 0 Å². The van der Waals surface area contributed by atoms with Gasteiger partial charge in [-0.15, -0.1) is 0 Å². The molecule has 2 atom stereocenters. The number of ketones is 1. The minimum absolute atomic E-state index is 0.0972. The Kier molecular flexibility index (Phi) is 10.3. The topological polar surface area (TPSA) is 144 Å². The van der Waals surface area contributed by atoms with Crippen molar-refractivity contribution >= 4 is 17.7 Å². The lowest BCUT2D eigenvalue weighted by atomic mass is 9.96. The molecule has 0 aromatic heterocycles. The van der Waals surface area contributed by atoms with Crippen LogP contribution in [0.5, 0.6) is 0 Å². The Morgan fingerprint density at radius 1 is 0.897 bits per heavy atom. The molecule has 2 aromatic carbocycles. The molecule has 29 heavy (non-hydrogen) atoms. The maximum absolute atomic E-state index is 12.2. The maximum Gasteiger partial charge on any atom is 0.320 e. The normalized spacial score (nSPS) is 12.2. The van der Waals surface area contributed by atoms with Crippen LogP contribution in [0.4, 0.5) is 0 Å². The minimum atomic E-state index is -0.933. The summed E-state index contributed by atoms with van der Waals surface area (Å²) in [6, 6.07) is 15.0. The van der Waals surface area contributed by atoms with Crippen molar-refractivity contribution in [3.63, 3.8) is 0 Å². The van der Waals surface area contributed by atoms with E-state index in [4.69, 9.17) is 21.7 Å². The van der Waals surface area contributed by atoms with Gasteiger partial charge in [0.05, 0.1) is 5.92 Å². The SMILES string of the molecule is CC(C(=O)O)c1cccc(C(=O)c2ccccc2)c1.NCCCCC(N)C(=O)O. The van der Waals surface area contributed by atoms with Gasteiger partial charge in [-0.25, -0.2) is 0 Å². The van der Waals surface area contributed by atoms with E-state index in [-0.39, 0.29) is 5.78 Å². The third kappa shape index (κ3) is 8.25. The van der Waals surface area contributed by atoms with E-state index in [9.17, 15) is 14.4 Å². The number of hydrogen-bond acceptors (Lipinski definition) is 5. The lowest BCUT2D eigenvalue weighted by Gasteiger charge is -2.08. The van der Waals surface area contributed by atoms with Gasteiger partial charge in [0.15, 0.2) is 5.78 Å². The monoisotopic (exact) mass is 400 g/mol. The molecule has 156 valence electrons. The Balaban J connectivity index is 0.000000359. The molecule has 2 rings (SSSR count). The fourth-order valence-corrected chi connectivity index (χ4v) is 2.48. The van der Waals surface area contributed by atoms with Crippen LogP contribution in [0.25, 0.3) is 0 Å². The van der Waals surface area contributed by atoms with Crippen LogP contribution in [0.15, 0.2) is 54.6 Å². The van der Waals surface area contributed by atoms with E-state index in [1.165, 1.54) is 0 Å². The smallest absolute Gasteiger partial charge is 0.320 e. The van der Waals surface area contributed by atoms with E-state index in [1.54, 1.807) is 55.5 Å². The van der Waals surface area contributed by atoms with Crippen molar-refractivity contribution in [3.05, 3.63) is 71.3 Å². The fourth-order valence-electron chi connectivity index (χ4n) is 2.48. The molecule has 0 aliphatic heterocycles. The van der Waals surface area contributed by atoms with Crippen LogP contribution >= 0.6 is 0 Å². The number of carbonyl (C=O) groups is 3. The quantitative estimate of drug-likeness (QED) is 0.374. The van der Waals surface area contributed by atoms with Gasteiger partial charge in [-0.05, 0) is 37.9 Å². The molecule has 0 saturated carbocycles. The molecule has 2 aromatic rings. The molecule has 0 heterocycles. The average molecular weight is 400 g/mol. The molecule has 7 nitrogen and oxygen atoms in total. The molecule has 0 radical (unpaired) electrons. The predicted molar refractivity (Wildman–Crippen MR) is 111 cm³/mol. The van der Waals surface area contributed by atoms with Crippen molar-refractivity contribution in [2.24, 2.45) is 11.5 Å². The summed E-state index contributed by atoms with van der Waals surface area (Å²) >= 11 is 0. The van der Waals surface area contributed by atoms with Crippen LogP contribution in [-0.4, -0.2) is 40.5 Å². The highest BCUT2D eigenvalue weighted by molar-refractivity contribution is 6.09. The van der Waals surface area contributed by atoms with Gasteiger partial charge in [-0.2, -0.15) is 0 Å². The molecule has 0 fully saturated rings. The van der Waals surface area contributed by atoms with Gasteiger partial charge in [0.1, 0.15) is 6.04 Å². The molecular weight excluding hydrogens is 372 g/mol. The Labute approximate surface area is 170 Å². The number of carboxylic acids is 2. The van der Waals surface area contributed by atoms with E-state index in [0.717, 1.165) is 12.8 Å². The molecular formula is C22H28N2O5. The lowest BCUT2D eigenvalue weighted by Crippen LogP contribution is -2.29. The number of hydrogen-bond donors (Lipinski definition) is 4. The first kappa shape index (κ1) is 24.0. The number of rotatable bonds is 9. The third-order valence-corrected chi connectivity index (χ3v) is 4.34. The summed E-state index contributed by atoms with van der Waals surface area (Å²) in [4.78, 5) is 33.3. The number of aliphatic carboxylic acids is 2. The van der Waals surface area contributed by atoms with Crippen LogP contribution in [-0.2, 0) is 9.59 Å². The summed E-state index contributed by atoms with van der Waals surface area (Å²) in [5.74, 6) is -2.55. The second-order valence-electron chi connectivity index (χ2n) is 6.61. The number of unbranched alkanes of at least 4 members (excludes halogenated alkanes) is 1. The minimum Gasteiger partial charge on any atom is -0.481 e. The summed E-state index contributed by atoms with van der Waals surface area (Å²) in [6.07, 6.45) is 2.16. The van der Waals surface area contributed by atoms with Crippen LogP contribution < -0.4 is 11.5 Å². The zero-order valence-electron chi connectivity index (χ0n) is 16.5. The van der Waals surface area contributed by atoms with Gasteiger partial charge in [0, 0.05) is 11.1 Å². The van der Waals surface area contributed by atoms with E-state index >= 15 is 0 Å². The summed E-state index contributed by atoms with van der Waals surface area (Å²) in [5, 5.41) is 17.3. The largest absolute Gasteiger partial charge is 0.481 e. The van der Waals surface area contributed by atoms with Crippen molar-refractivity contribution in [2.45, 2.75) is 38.1 Å². The van der Waals surface area contributed by atoms with Gasteiger partial charge in [0.2, 0.25) is 0 Å². The van der Waals surface area contributed by atoms with Crippen molar-refractivity contribution < 1.29 is 24.6 Å². The number of benzene rings is 2. The van der Waals surface area contributed by atoms with Crippen LogP contribution in [0.2, 0.25) is 0 Å². The molecule has 0 amide bonds. The first-order valence-electron chi connectivity index (χ1n) is 9.38. The third-order valence-electron chi connectivity index (χ3n) is 4.34. The van der Waals surface area contributed by atoms with Gasteiger partial charge >= 0.3 is 11.9 Å². The van der Waals surface area contributed by atoms with Gasteiger partial charge in [-0.3, -0.25) is 14.4 Å². The molecule has 2 unspecified atom stereocenters. The van der Waals surface area contributed by atoms with E-state index in [0.29, 0.717) is 29.7 Å². The van der Waals surface area contributed by atoms with Crippen molar-refractivity contribution in [1.82, 2.24) is 0 Å². The Morgan fingerprint density at radius 3 is 2.07 bits per heavy atom. The predicted octanol–water partition coefficient (Wildman–Crippen LogP) is 2.63. The number of carboxylic acid groups (broad SMARTS) is 2. The summed E-state index contributed by atoms with van der Waals surface area (Å²) in [6.45, 7) is 2.21. The van der Waals surface area contributed by atoms with E-state index in [1.807, 2.05) is 6.07 Å².